The number of aromatic nitrogens is 4. The first-order chi connectivity index (χ1) is 12.5. The van der Waals surface area contributed by atoms with Crippen molar-refractivity contribution < 1.29 is 4.39 Å². The van der Waals surface area contributed by atoms with Crippen LogP contribution in [-0.4, -0.2) is 19.6 Å². The van der Waals surface area contributed by atoms with Crippen molar-refractivity contribution in [2.75, 3.05) is 0 Å². The number of rotatable bonds is 2. The molecule has 0 fully saturated rings. The van der Waals surface area contributed by atoms with Crippen LogP contribution >= 0.6 is 0 Å². The van der Waals surface area contributed by atoms with Crippen LogP contribution in [0.2, 0.25) is 0 Å². The van der Waals surface area contributed by atoms with Crippen molar-refractivity contribution >= 4 is 10.9 Å². The van der Waals surface area contributed by atoms with Gasteiger partial charge in [0.15, 0.2) is 0 Å². The molecule has 26 heavy (non-hydrogen) atoms. The maximum Gasteiger partial charge on any atom is 0.298 e. The van der Waals surface area contributed by atoms with E-state index in [0.717, 1.165) is 11.1 Å². The van der Waals surface area contributed by atoms with E-state index in [0.29, 0.717) is 22.3 Å². The highest BCUT2D eigenvalue weighted by atomic mass is 19.1. The molecule has 0 N–H and O–H groups in total. The minimum absolute atomic E-state index is 0.234. The van der Waals surface area contributed by atoms with Crippen LogP contribution in [0.25, 0.3) is 22.3 Å². The number of para-hydroxylation sites is 1. The lowest BCUT2D eigenvalue weighted by molar-refractivity contribution is 0.612. The predicted octanol–water partition coefficient (Wildman–Crippen LogP) is 3.64. The zero-order chi connectivity index (χ0) is 18.4. The molecular formula is C20H17FN4O. The molecule has 0 saturated heterocycles. The highest BCUT2D eigenvalue weighted by Crippen LogP contribution is 2.21. The average Bonchev–Trinajstić information content (AvgIpc) is 3.07. The molecule has 0 saturated carbocycles. The smallest absolute Gasteiger partial charge is 0.265 e. The molecule has 0 aliphatic carbocycles. The minimum atomic E-state index is -0.440. The van der Waals surface area contributed by atoms with E-state index in [4.69, 9.17) is 0 Å². The molecule has 5 nitrogen and oxygen atoms in total. The van der Waals surface area contributed by atoms with Crippen LogP contribution in [-0.2, 0) is 0 Å². The number of fused-ring (bicyclic) bond motifs is 1. The lowest BCUT2D eigenvalue weighted by atomic mass is 10.1. The SMILES string of the molecule is Cc1cccc(-n2nc(C)c3cnn(-c4ccccc4F)c3c2=O)c1C. The van der Waals surface area contributed by atoms with Gasteiger partial charge in [-0.1, -0.05) is 24.3 Å². The first-order valence-electron chi connectivity index (χ1n) is 8.28. The third-order valence-corrected chi connectivity index (χ3v) is 4.69. The van der Waals surface area contributed by atoms with Gasteiger partial charge in [0.2, 0.25) is 0 Å². The summed E-state index contributed by atoms with van der Waals surface area (Å²) < 4.78 is 17.0. The Hall–Kier alpha value is -3.28. The van der Waals surface area contributed by atoms with E-state index in [1.807, 2.05) is 39.0 Å². The molecule has 0 amide bonds. The maximum atomic E-state index is 14.3. The monoisotopic (exact) mass is 348 g/mol. The fraction of sp³-hybridized carbons (Fsp3) is 0.150. The van der Waals surface area contributed by atoms with Gasteiger partial charge < -0.3 is 0 Å². The quantitative estimate of drug-likeness (QED) is 0.556. The van der Waals surface area contributed by atoms with Gasteiger partial charge in [-0.05, 0) is 50.1 Å². The molecule has 0 radical (unpaired) electrons. The molecule has 2 aromatic carbocycles. The average molecular weight is 348 g/mol. The van der Waals surface area contributed by atoms with Gasteiger partial charge >= 0.3 is 0 Å². The summed E-state index contributed by atoms with van der Waals surface area (Å²) in [5, 5.41) is 9.32. The molecule has 0 unspecified atom stereocenters. The largest absolute Gasteiger partial charge is 0.298 e. The summed E-state index contributed by atoms with van der Waals surface area (Å²) in [4.78, 5) is 13.2. The summed E-state index contributed by atoms with van der Waals surface area (Å²) in [6.07, 6.45) is 1.55. The summed E-state index contributed by atoms with van der Waals surface area (Å²) in [5.74, 6) is -0.440. The van der Waals surface area contributed by atoms with E-state index >= 15 is 0 Å². The maximum absolute atomic E-state index is 14.3. The molecule has 2 heterocycles. The van der Waals surface area contributed by atoms with Crippen LogP contribution in [0.5, 0.6) is 0 Å². The molecule has 0 atom stereocenters. The second-order valence-corrected chi connectivity index (χ2v) is 6.29. The van der Waals surface area contributed by atoms with Crippen molar-refractivity contribution in [2.24, 2.45) is 0 Å². The van der Waals surface area contributed by atoms with Gasteiger partial charge in [0.1, 0.15) is 17.0 Å². The molecule has 4 aromatic rings. The second-order valence-electron chi connectivity index (χ2n) is 6.29. The molecule has 0 aliphatic rings. The van der Waals surface area contributed by atoms with Crippen LogP contribution in [0, 0.1) is 26.6 Å². The van der Waals surface area contributed by atoms with Gasteiger partial charge in [0.25, 0.3) is 5.56 Å². The number of hydrogen-bond acceptors (Lipinski definition) is 3. The zero-order valence-electron chi connectivity index (χ0n) is 14.7. The molecule has 130 valence electrons. The first-order valence-corrected chi connectivity index (χ1v) is 8.28. The molecule has 0 bridgehead atoms. The van der Waals surface area contributed by atoms with E-state index in [2.05, 4.69) is 10.2 Å². The summed E-state index contributed by atoms with van der Waals surface area (Å²) >= 11 is 0. The zero-order valence-corrected chi connectivity index (χ0v) is 14.7. The molecule has 6 heteroatoms. The molecule has 2 aromatic heterocycles. The first kappa shape index (κ1) is 16.2. The summed E-state index contributed by atoms with van der Waals surface area (Å²) in [6.45, 7) is 5.75. The number of nitrogens with zero attached hydrogens (tertiary/aromatic N) is 4. The Morgan fingerprint density at radius 2 is 1.65 bits per heavy atom. The predicted molar refractivity (Wildman–Crippen MR) is 98.6 cm³/mol. The van der Waals surface area contributed by atoms with Gasteiger partial charge in [-0.3, -0.25) is 4.79 Å². The summed E-state index contributed by atoms with van der Waals surface area (Å²) in [6, 6.07) is 12.0. The van der Waals surface area contributed by atoms with Crippen LogP contribution in [0.15, 0.2) is 53.5 Å². The Labute approximate surface area is 149 Å². The van der Waals surface area contributed by atoms with Crippen molar-refractivity contribution in [3.8, 4) is 11.4 Å². The summed E-state index contributed by atoms with van der Waals surface area (Å²) in [7, 11) is 0. The third kappa shape index (κ3) is 2.34. The normalized spacial score (nSPS) is 11.2. The van der Waals surface area contributed by atoms with Crippen LogP contribution in [0.4, 0.5) is 4.39 Å². The molecule has 0 aliphatic heterocycles. The fourth-order valence-electron chi connectivity index (χ4n) is 3.10. The van der Waals surface area contributed by atoms with Gasteiger partial charge in [-0.15, -0.1) is 0 Å². The standard InChI is InChI=1S/C20H17FN4O/c1-12-7-6-10-17(13(12)2)25-20(26)19-15(14(3)23-25)11-22-24(19)18-9-5-4-8-16(18)21/h4-11H,1-3H3. The van der Waals surface area contributed by atoms with Crippen LogP contribution in [0.3, 0.4) is 0 Å². The van der Waals surface area contributed by atoms with Crippen molar-refractivity contribution in [1.29, 1.82) is 0 Å². The van der Waals surface area contributed by atoms with E-state index in [1.54, 1.807) is 24.4 Å². The molecular weight excluding hydrogens is 331 g/mol. The van der Waals surface area contributed by atoms with Crippen molar-refractivity contribution in [1.82, 2.24) is 19.6 Å². The third-order valence-electron chi connectivity index (χ3n) is 4.69. The van der Waals surface area contributed by atoms with Crippen molar-refractivity contribution in [2.45, 2.75) is 20.8 Å². The number of benzene rings is 2. The topological polar surface area (TPSA) is 52.7 Å². The van der Waals surface area contributed by atoms with E-state index < -0.39 is 5.82 Å². The van der Waals surface area contributed by atoms with Crippen molar-refractivity contribution in [3.05, 3.63) is 81.7 Å². The molecule has 0 spiro atoms. The Bertz CT molecular complexity index is 1210. The van der Waals surface area contributed by atoms with Gasteiger partial charge in [-0.25, -0.2) is 9.07 Å². The number of aryl methyl sites for hydroxylation is 2. The van der Waals surface area contributed by atoms with Gasteiger partial charge in [0.05, 0.1) is 17.6 Å². The summed E-state index contributed by atoms with van der Waals surface area (Å²) in [5.41, 5.74) is 3.61. The molecule has 4 rings (SSSR count). The second kappa shape index (κ2) is 5.91. The Kier molecular flexibility index (Phi) is 3.68. The Morgan fingerprint density at radius 3 is 2.42 bits per heavy atom. The lowest BCUT2D eigenvalue weighted by Gasteiger charge is -2.12. The number of halogens is 1. The Morgan fingerprint density at radius 1 is 0.923 bits per heavy atom. The van der Waals surface area contributed by atoms with Gasteiger partial charge in [-0.2, -0.15) is 14.9 Å². The van der Waals surface area contributed by atoms with Gasteiger partial charge in [0, 0.05) is 5.39 Å². The van der Waals surface area contributed by atoms with E-state index in [9.17, 15) is 9.18 Å². The van der Waals surface area contributed by atoms with Crippen LogP contribution in [0.1, 0.15) is 16.8 Å². The highest BCUT2D eigenvalue weighted by molar-refractivity contribution is 5.81. The number of hydrogen-bond donors (Lipinski definition) is 0. The van der Waals surface area contributed by atoms with Crippen molar-refractivity contribution in [3.63, 3.8) is 0 Å². The lowest BCUT2D eigenvalue weighted by Crippen LogP contribution is -2.25. The fourth-order valence-corrected chi connectivity index (χ4v) is 3.10. The Balaban J connectivity index is 2.09. The van der Waals surface area contributed by atoms with E-state index in [1.165, 1.54) is 15.4 Å². The minimum Gasteiger partial charge on any atom is -0.265 e. The highest BCUT2D eigenvalue weighted by Gasteiger charge is 2.18. The van der Waals surface area contributed by atoms with E-state index in [-0.39, 0.29) is 11.2 Å². The van der Waals surface area contributed by atoms with Crippen LogP contribution < -0.4 is 5.56 Å².